The van der Waals surface area contributed by atoms with Gasteiger partial charge in [-0.1, -0.05) is 5.10 Å². The van der Waals surface area contributed by atoms with Crippen molar-refractivity contribution >= 4 is 6.01 Å². The van der Waals surface area contributed by atoms with Gasteiger partial charge in [-0.25, -0.2) is 0 Å². The fourth-order valence-electron chi connectivity index (χ4n) is 1.36. The Balaban J connectivity index is 2.11. The molecule has 1 aromatic rings. The van der Waals surface area contributed by atoms with Gasteiger partial charge in [-0.2, -0.15) is 0 Å². The van der Waals surface area contributed by atoms with E-state index >= 15 is 0 Å². The normalized spacial score (nSPS) is 29.4. The van der Waals surface area contributed by atoms with Gasteiger partial charge in [0.05, 0.1) is 6.10 Å². The fourth-order valence-corrected chi connectivity index (χ4v) is 1.36. The molecular formula is C7H11N3O2. The largest absolute Gasteiger partial charge is 0.405 e. The van der Waals surface area contributed by atoms with Gasteiger partial charge >= 0.3 is 6.01 Å². The maximum atomic E-state index is 5.51. The molecule has 0 spiro atoms. The monoisotopic (exact) mass is 169 g/mol. The summed E-state index contributed by atoms with van der Waals surface area (Å²) >= 11 is 0. The molecule has 66 valence electrons. The van der Waals surface area contributed by atoms with E-state index in [0.29, 0.717) is 5.89 Å². The van der Waals surface area contributed by atoms with E-state index in [9.17, 15) is 0 Å². The summed E-state index contributed by atoms with van der Waals surface area (Å²) in [6.45, 7) is 2.03. The Bertz CT molecular complexity index is 273. The van der Waals surface area contributed by atoms with Crippen molar-refractivity contribution in [3.8, 4) is 0 Å². The van der Waals surface area contributed by atoms with Crippen LogP contribution in [0.25, 0.3) is 0 Å². The third kappa shape index (κ3) is 1.27. The van der Waals surface area contributed by atoms with Crippen LogP contribution in [-0.2, 0) is 4.74 Å². The van der Waals surface area contributed by atoms with Gasteiger partial charge in [0.1, 0.15) is 6.10 Å². The predicted octanol–water partition coefficient (Wildman–Crippen LogP) is 0.892. The van der Waals surface area contributed by atoms with Crippen molar-refractivity contribution in [3.63, 3.8) is 0 Å². The lowest BCUT2D eigenvalue weighted by Gasteiger charge is -2.04. The summed E-state index contributed by atoms with van der Waals surface area (Å²) < 4.78 is 10.6. The number of rotatable bonds is 1. The van der Waals surface area contributed by atoms with Gasteiger partial charge in [-0.05, 0) is 19.8 Å². The topological polar surface area (TPSA) is 74.2 Å². The first-order chi connectivity index (χ1) is 5.75. The quantitative estimate of drug-likeness (QED) is 0.675. The predicted molar refractivity (Wildman–Crippen MR) is 41.2 cm³/mol. The van der Waals surface area contributed by atoms with Crippen LogP contribution in [0.2, 0.25) is 0 Å². The number of nitrogen functional groups attached to an aromatic ring is 1. The van der Waals surface area contributed by atoms with Gasteiger partial charge in [0, 0.05) is 0 Å². The second-order valence-electron chi connectivity index (χ2n) is 2.99. The van der Waals surface area contributed by atoms with Crippen LogP contribution < -0.4 is 5.73 Å². The Kier molecular flexibility index (Phi) is 1.73. The number of nitrogens with two attached hydrogens (primary N) is 1. The standard InChI is InChI=1S/C7H11N3O2/c1-4-2-3-5(11-4)6-9-10-7(8)12-6/h4-5H,2-3H2,1H3,(H2,8,10). The van der Waals surface area contributed by atoms with Crippen molar-refractivity contribution in [2.45, 2.75) is 32.0 Å². The molecule has 1 fully saturated rings. The first-order valence-corrected chi connectivity index (χ1v) is 4.00. The summed E-state index contributed by atoms with van der Waals surface area (Å²) in [5.74, 6) is 0.497. The van der Waals surface area contributed by atoms with Crippen molar-refractivity contribution in [3.05, 3.63) is 5.89 Å². The molecule has 2 N–H and O–H groups in total. The molecule has 5 nitrogen and oxygen atoms in total. The van der Waals surface area contributed by atoms with Gasteiger partial charge in [0.2, 0.25) is 5.89 Å². The molecule has 2 atom stereocenters. The number of anilines is 1. The van der Waals surface area contributed by atoms with Crippen molar-refractivity contribution in [1.82, 2.24) is 10.2 Å². The minimum absolute atomic E-state index is 0.0511. The molecule has 0 aliphatic carbocycles. The van der Waals surface area contributed by atoms with Crippen molar-refractivity contribution in [2.24, 2.45) is 0 Å². The highest BCUT2D eigenvalue weighted by atomic mass is 16.5. The molecule has 12 heavy (non-hydrogen) atoms. The van der Waals surface area contributed by atoms with E-state index in [0.717, 1.165) is 12.8 Å². The lowest BCUT2D eigenvalue weighted by atomic mass is 10.2. The maximum absolute atomic E-state index is 5.51. The van der Waals surface area contributed by atoms with E-state index in [1.54, 1.807) is 0 Å². The van der Waals surface area contributed by atoms with Crippen LogP contribution >= 0.6 is 0 Å². The highest BCUT2D eigenvalue weighted by Gasteiger charge is 2.27. The Morgan fingerprint density at radius 1 is 1.42 bits per heavy atom. The zero-order valence-electron chi connectivity index (χ0n) is 6.86. The third-order valence-electron chi connectivity index (χ3n) is 1.96. The van der Waals surface area contributed by atoms with Crippen LogP contribution in [-0.4, -0.2) is 16.3 Å². The number of nitrogens with zero attached hydrogens (tertiary/aromatic N) is 2. The Morgan fingerprint density at radius 2 is 2.25 bits per heavy atom. The second kappa shape index (κ2) is 2.75. The Morgan fingerprint density at radius 3 is 2.75 bits per heavy atom. The van der Waals surface area contributed by atoms with E-state index in [2.05, 4.69) is 10.2 Å². The molecule has 1 aromatic heterocycles. The Hall–Kier alpha value is -1.10. The van der Waals surface area contributed by atoms with Crippen LogP contribution in [0, 0.1) is 0 Å². The molecule has 2 rings (SSSR count). The summed E-state index contributed by atoms with van der Waals surface area (Å²) in [7, 11) is 0. The van der Waals surface area contributed by atoms with E-state index < -0.39 is 0 Å². The van der Waals surface area contributed by atoms with E-state index in [1.165, 1.54) is 0 Å². The first kappa shape index (κ1) is 7.54. The maximum Gasteiger partial charge on any atom is 0.312 e. The summed E-state index contributed by atoms with van der Waals surface area (Å²) in [5.41, 5.74) is 5.29. The Labute approximate surface area is 69.9 Å². The summed E-state index contributed by atoms with van der Waals surface area (Å²) in [4.78, 5) is 0. The van der Waals surface area contributed by atoms with E-state index in [-0.39, 0.29) is 18.2 Å². The minimum Gasteiger partial charge on any atom is -0.405 e. The first-order valence-electron chi connectivity index (χ1n) is 4.00. The lowest BCUT2D eigenvalue weighted by molar-refractivity contribution is 0.0395. The summed E-state index contributed by atoms with van der Waals surface area (Å²) in [6, 6.07) is 0.105. The molecule has 0 saturated carbocycles. The van der Waals surface area contributed by atoms with Crippen molar-refractivity contribution in [2.75, 3.05) is 5.73 Å². The number of hydrogen-bond donors (Lipinski definition) is 1. The molecule has 5 heteroatoms. The highest BCUT2D eigenvalue weighted by molar-refractivity contribution is 5.06. The van der Waals surface area contributed by atoms with Crippen LogP contribution in [0.1, 0.15) is 31.8 Å². The van der Waals surface area contributed by atoms with Crippen LogP contribution in [0.15, 0.2) is 4.42 Å². The van der Waals surface area contributed by atoms with Gasteiger partial charge in [-0.3, -0.25) is 0 Å². The van der Waals surface area contributed by atoms with Gasteiger partial charge in [-0.15, -0.1) is 5.10 Å². The van der Waals surface area contributed by atoms with Crippen molar-refractivity contribution in [1.29, 1.82) is 0 Å². The molecule has 2 heterocycles. The molecule has 1 aliphatic heterocycles. The van der Waals surface area contributed by atoms with E-state index in [4.69, 9.17) is 14.9 Å². The highest BCUT2D eigenvalue weighted by Crippen LogP contribution is 2.31. The summed E-state index contributed by atoms with van der Waals surface area (Å²) in [5, 5.41) is 7.33. The molecule has 2 unspecified atom stereocenters. The number of aromatic nitrogens is 2. The second-order valence-corrected chi connectivity index (χ2v) is 2.99. The fraction of sp³-hybridized carbons (Fsp3) is 0.714. The van der Waals surface area contributed by atoms with Crippen LogP contribution in [0.4, 0.5) is 6.01 Å². The zero-order chi connectivity index (χ0) is 8.55. The van der Waals surface area contributed by atoms with Gasteiger partial charge < -0.3 is 14.9 Å². The molecule has 0 aromatic carbocycles. The average Bonchev–Trinajstić information content (AvgIpc) is 2.58. The van der Waals surface area contributed by atoms with E-state index in [1.807, 2.05) is 6.92 Å². The molecule has 0 bridgehead atoms. The minimum atomic E-state index is -0.0511. The van der Waals surface area contributed by atoms with Crippen LogP contribution in [0.5, 0.6) is 0 Å². The summed E-state index contributed by atoms with van der Waals surface area (Å²) in [6.07, 6.45) is 2.20. The SMILES string of the molecule is CC1CCC(c2nnc(N)o2)O1. The molecule has 0 radical (unpaired) electrons. The molecule has 1 aliphatic rings. The lowest BCUT2D eigenvalue weighted by Crippen LogP contribution is -2.01. The average molecular weight is 169 g/mol. The van der Waals surface area contributed by atoms with Gasteiger partial charge in [0.25, 0.3) is 0 Å². The zero-order valence-corrected chi connectivity index (χ0v) is 6.86. The number of ether oxygens (including phenoxy) is 1. The van der Waals surface area contributed by atoms with Crippen LogP contribution in [0.3, 0.4) is 0 Å². The molecular weight excluding hydrogens is 158 g/mol. The molecule has 0 amide bonds. The van der Waals surface area contributed by atoms with Crippen molar-refractivity contribution < 1.29 is 9.15 Å². The number of hydrogen-bond acceptors (Lipinski definition) is 5. The smallest absolute Gasteiger partial charge is 0.312 e. The molecule has 1 saturated heterocycles. The third-order valence-corrected chi connectivity index (χ3v) is 1.96. The van der Waals surface area contributed by atoms with Gasteiger partial charge in [0.15, 0.2) is 0 Å².